The van der Waals surface area contributed by atoms with Crippen LogP contribution in [0.2, 0.25) is 0 Å². The van der Waals surface area contributed by atoms with Crippen molar-refractivity contribution in [3.8, 4) is 5.75 Å². The molecule has 0 aliphatic heterocycles. The normalized spacial score (nSPS) is 12.9. The van der Waals surface area contributed by atoms with Crippen LogP contribution >= 0.6 is 0 Å². The van der Waals surface area contributed by atoms with Gasteiger partial charge in [-0.15, -0.1) is 0 Å². The van der Waals surface area contributed by atoms with E-state index in [2.05, 4.69) is 26.1 Å². The molecule has 1 rings (SSSR count). The number of rotatable bonds is 5. The fourth-order valence-electron chi connectivity index (χ4n) is 1.73. The Hall–Kier alpha value is -1.55. The maximum Gasteiger partial charge on any atom is 0.258 e. The molecular weight excluding hydrogens is 240 g/mol. The minimum Gasteiger partial charge on any atom is -0.483 e. The summed E-state index contributed by atoms with van der Waals surface area (Å²) in [6.07, 6.45) is 0. The first kappa shape index (κ1) is 15.5. The van der Waals surface area contributed by atoms with Gasteiger partial charge < -0.3 is 15.8 Å². The largest absolute Gasteiger partial charge is 0.483 e. The first-order valence-electron chi connectivity index (χ1n) is 6.56. The number of ether oxygens (including phenoxy) is 1. The summed E-state index contributed by atoms with van der Waals surface area (Å²) in [5.41, 5.74) is 6.53. The molecule has 4 nitrogen and oxygen atoms in total. The van der Waals surface area contributed by atoms with Gasteiger partial charge in [-0.3, -0.25) is 4.79 Å². The van der Waals surface area contributed by atoms with Gasteiger partial charge in [0.05, 0.1) is 0 Å². The zero-order valence-corrected chi connectivity index (χ0v) is 12.2. The molecule has 106 valence electrons. The Kier molecular flexibility index (Phi) is 5.36. The Bertz CT molecular complexity index is 424. The van der Waals surface area contributed by atoms with E-state index in [1.807, 2.05) is 31.2 Å². The lowest BCUT2D eigenvalue weighted by molar-refractivity contribution is -0.123. The summed E-state index contributed by atoms with van der Waals surface area (Å²) >= 11 is 0. The molecule has 0 aliphatic rings. The van der Waals surface area contributed by atoms with E-state index in [4.69, 9.17) is 10.5 Å². The minimum absolute atomic E-state index is 0.0113. The lowest BCUT2D eigenvalue weighted by Gasteiger charge is -2.22. The molecule has 0 aliphatic carbocycles. The highest BCUT2D eigenvalue weighted by atomic mass is 16.5. The number of amides is 1. The van der Waals surface area contributed by atoms with Crippen molar-refractivity contribution in [2.45, 2.75) is 39.2 Å². The highest BCUT2D eigenvalue weighted by Crippen LogP contribution is 2.30. The monoisotopic (exact) mass is 264 g/mol. The number of carbonyl (C=O) groups excluding carboxylic acids is 1. The second kappa shape index (κ2) is 6.57. The number of carbonyl (C=O) groups is 1. The zero-order chi connectivity index (χ0) is 14.5. The van der Waals surface area contributed by atoms with Crippen LogP contribution in [0.1, 0.15) is 33.3 Å². The summed E-state index contributed by atoms with van der Waals surface area (Å²) in [5.74, 6) is 0.604. The summed E-state index contributed by atoms with van der Waals surface area (Å²) in [6.45, 7) is 8.64. The van der Waals surface area contributed by atoms with Crippen LogP contribution in [-0.4, -0.2) is 25.1 Å². The number of nitrogens with two attached hydrogens (primary N) is 1. The third kappa shape index (κ3) is 4.91. The van der Waals surface area contributed by atoms with Gasteiger partial charge in [0.25, 0.3) is 5.91 Å². The Morgan fingerprint density at radius 2 is 2.00 bits per heavy atom. The van der Waals surface area contributed by atoms with Gasteiger partial charge in [0.1, 0.15) is 5.75 Å². The summed E-state index contributed by atoms with van der Waals surface area (Å²) in [4.78, 5) is 11.7. The summed E-state index contributed by atoms with van der Waals surface area (Å²) < 4.78 is 5.62. The Morgan fingerprint density at radius 3 is 2.58 bits per heavy atom. The van der Waals surface area contributed by atoms with Gasteiger partial charge in [-0.2, -0.15) is 0 Å². The number of benzene rings is 1. The van der Waals surface area contributed by atoms with Gasteiger partial charge in [0.2, 0.25) is 0 Å². The molecule has 0 saturated heterocycles. The third-order valence-corrected chi connectivity index (χ3v) is 2.81. The van der Waals surface area contributed by atoms with E-state index in [0.29, 0.717) is 6.54 Å². The predicted octanol–water partition coefficient (Wildman–Crippen LogP) is 1.83. The Balaban J connectivity index is 2.66. The van der Waals surface area contributed by atoms with Crippen LogP contribution in [0.3, 0.4) is 0 Å². The molecule has 1 aromatic rings. The molecule has 0 spiro atoms. The van der Waals surface area contributed by atoms with Gasteiger partial charge in [-0.05, 0) is 24.0 Å². The second-order valence-electron chi connectivity index (χ2n) is 5.74. The maximum atomic E-state index is 11.7. The van der Waals surface area contributed by atoms with Crippen molar-refractivity contribution in [2.75, 3.05) is 13.2 Å². The number of hydrogen-bond acceptors (Lipinski definition) is 3. The molecule has 0 radical (unpaired) electrons. The Morgan fingerprint density at radius 1 is 1.37 bits per heavy atom. The molecule has 1 atom stereocenters. The molecule has 0 heterocycles. The quantitative estimate of drug-likeness (QED) is 0.852. The van der Waals surface area contributed by atoms with E-state index in [1.54, 1.807) is 0 Å². The SMILES string of the molecule is C[C@@H](CN)NC(=O)COc1ccccc1C(C)(C)C. The van der Waals surface area contributed by atoms with Crippen molar-refractivity contribution < 1.29 is 9.53 Å². The summed E-state index contributed by atoms with van der Waals surface area (Å²) in [6, 6.07) is 7.76. The molecule has 3 N–H and O–H groups in total. The van der Waals surface area contributed by atoms with Crippen molar-refractivity contribution in [2.24, 2.45) is 5.73 Å². The van der Waals surface area contributed by atoms with Crippen LogP contribution in [0.25, 0.3) is 0 Å². The van der Waals surface area contributed by atoms with Crippen LogP contribution in [0.5, 0.6) is 5.75 Å². The third-order valence-electron chi connectivity index (χ3n) is 2.81. The van der Waals surface area contributed by atoms with Gasteiger partial charge in [0.15, 0.2) is 6.61 Å². The van der Waals surface area contributed by atoms with Gasteiger partial charge in [0, 0.05) is 12.6 Å². The Labute approximate surface area is 115 Å². The molecule has 19 heavy (non-hydrogen) atoms. The van der Waals surface area contributed by atoms with E-state index in [0.717, 1.165) is 11.3 Å². The van der Waals surface area contributed by atoms with Crippen molar-refractivity contribution >= 4 is 5.91 Å². The van der Waals surface area contributed by atoms with Crippen LogP contribution in [0.15, 0.2) is 24.3 Å². The maximum absolute atomic E-state index is 11.7. The first-order valence-corrected chi connectivity index (χ1v) is 6.56. The number of para-hydroxylation sites is 1. The van der Waals surface area contributed by atoms with Crippen molar-refractivity contribution in [1.29, 1.82) is 0 Å². The van der Waals surface area contributed by atoms with Gasteiger partial charge in [-0.1, -0.05) is 39.0 Å². The van der Waals surface area contributed by atoms with E-state index < -0.39 is 0 Å². The predicted molar refractivity (Wildman–Crippen MR) is 77.3 cm³/mol. The first-order chi connectivity index (χ1) is 8.84. The van der Waals surface area contributed by atoms with Crippen molar-refractivity contribution in [3.63, 3.8) is 0 Å². The second-order valence-corrected chi connectivity index (χ2v) is 5.74. The highest BCUT2D eigenvalue weighted by molar-refractivity contribution is 5.77. The summed E-state index contributed by atoms with van der Waals surface area (Å²) in [5, 5.41) is 2.77. The fourth-order valence-corrected chi connectivity index (χ4v) is 1.73. The molecular formula is C15H24N2O2. The van der Waals surface area contributed by atoms with E-state index in [-0.39, 0.29) is 24.0 Å². The average Bonchev–Trinajstić information content (AvgIpc) is 2.35. The topological polar surface area (TPSA) is 64.3 Å². The van der Waals surface area contributed by atoms with Gasteiger partial charge >= 0.3 is 0 Å². The lowest BCUT2D eigenvalue weighted by Crippen LogP contribution is -2.40. The molecule has 1 aromatic carbocycles. The molecule has 0 saturated carbocycles. The standard InChI is InChI=1S/C15H24N2O2/c1-11(9-16)17-14(18)10-19-13-8-6-5-7-12(13)15(2,3)4/h5-8,11H,9-10,16H2,1-4H3,(H,17,18)/t11-/m0/s1. The van der Waals surface area contributed by atoms with Gasteiger partial charge in [-0.25, -0.2) is 0 Å². The van der Waals surface area contributed by atoms with E-state index in [9.17, 15) is 4.79 Å². The number of hydrogen-bond donors (Lipinski definition) is 2. The molecule has 0 bridgehead atoms. The van der Waals surface area contributed by atoms with Crippen LogP contribution in [0, 0.1) is 0 Å². The molecule has 4 heteroatoms. The average molecular weight is 264 g/mol. The van der Waals surface area contributed by atoms with Crippen molar-refractivity contribution in [3.05, 3.63) is 29.8 Å². The van der Waals surface area contributed by atoms with Crippen LogP contribution in [-0.2, 0) is 10.2 Å². The number of nitrogens with one attached hydrogen (secondary N) is 1. The lowest BCUT2D eigenvalue weighted by atomic mass is 9.86. The van der Waals surface area contributed by atoms with E-state index >= 15 is 0 Å². The minimum atomic E-state index is -0.151. The molecule has 0 aromatic heterocycles. The van der Waals surface area contributed by atoms with Crippen LogP contribution < -0.4 is 15.8 Å². The van der Waals surface area contributed by atoms with Crippen LogP contribution in [0.4, 0.5) is 0 Å². The van der Waals surface area contributed by atoms with Crippen molar-refractivity contribution in [1.82, 2.24) is 5.32 Å². The summed E-state index contributed by atoms with van der Waals surface area (Å²) in [7, 11) is 0. The smallest absolute Gasteiger partial charge is 0.258 e. The highest BCUT2D eigenvalue weighted by Gasteiger charge is 2.18. The van der Waals surface area contributed by atoms with E-state index in [1.165, 1.54) is 0 Å². The zero-order valence-electron chi connectivity index (χ0n) is 12.2. The molecule has 0 fully saturated rings. The molecule has 0 unspecified atom stereocenters. The fraction of sp³-hybridized carbons (Fsp3) is 0.533. The molecule has 1 amide bonds.